The van der Waals surface area contributed by atoms with Gasteiger partial charge in [0.05, 0.1) is 29.1 Å². The third kappa shape index (κ3) is 5.96. The summed E-state index contributed by atoms with van der Waals surface area (Å²) in [5.74, 6) is -0.395. The number of hydrogen-bond donors (Lipinski definition) is 1. The number of benzene rings is 4. The van der Waals surface area contributed by atoms with Crippen molar-refractivity contribution in [1.29, 1.82) is 0 Å². The van der Waals surface area contributed by atoms with E-state index in [1.165, 1.54) is 12.3 Å². The minimum Gasteiger partial charge on any atom is -0.393 e. The maximum absolute atomic E-state index is 15.9. The van der Waals surface area contributed by atoms with Crippen LogP contribution in [0, 0.1) is 5.82 Å². The molecule has 0 aliphatic carbocycles. The topological polar surface area (TPSA) is 67.1 Å². The van der Waals surface area contributed by atoms with Gasteiger partial charge in [0.1, 0.15) is 5.82 Å². The molecule has 47 heavy (non-hydrogen) atoms. The molecule has 6 nitrogen and oxygen atoms in total. The van der Waals surface area contributed by atoms with Crippen LogP contribution in [0.5, 0.6) is 0 Å². The number of halogens is 1. The van der Waals surface area contributed by atoms with Gasteiger partial charge in [-0.3, -0.25) is 4.79 Å². The number of aliphatic hydroxyl groups is 1. The van der Waals surface area contributed by atoms with Gasteiger partial charge in [-0.1, -0.05) is 110 Å². The van der Waals surface area contributed by atoms with E-state index in [-0.39, 0.29) is 17.6 Å². The van der Waals surface area contributed by atoms with Crippen molar-refractivity contribution in [2.24, 2.45) is 5.16 Å². The normalized spacial score (nSPS) is 16.6. The van der Waals surface area contributed by atoms with Gasteiger partial charge in [-0.2, -0.15) is 0 Å². The summed E-state index contributed by atoms with van der Waals surface area (Å²) in [6, 6.07) is 31.3. The minimum absolute atomic E-state index is 0.118. The number of aliphatic hydroxyl groups excluding tert-OH is 1. The lowest BCUT2D eigenvalue weighted by molar-refractivity contribution is 0.0183. The quantitative estimate of drug-likeness (QED) is 0.112. The summed E-state index contributed by atoms with van der Waals surface area (Å²) >= 11 is 0. The van der Waals surface area contributed by atoms with E-state index in [1.807, 2.05) is 116 Å². The Bertz CT molecular complexity index is 1800. The van der Waals surface area contributed by atoms with Crippen LogP contribution in [0.25, 0.3) is 10.9 Å². The molecule has 4 aromatic carbocycles. The number of nitrogens with zero attached hydrogens (tertiary/aromatic N) is 3. The van der Waals surface area contributed by atoms with E-state index in [9.17, 15) is 9.90 Å². The molecule has 0 amide bonds. The smallest absolute Gasteiger partial charge is 0.212 e. The molecule has 2 aliphatic heterocycles. The van der Waals surface area contributed by atoms with E-state index in [4.69, 9.17) is 4.84 Å². The predicted molar refractivity (Wildman–Crippen MR) is 188 cm³/mol. The molecule has 1 atom stereocenters. The highest BCUT2D eigenvalue weighted by molar-refractivity contribution is 5.93. The SMILES string of the molecule is CC.CC1CCc2c(N3CCC(O)CC3)c(F)cc3c(=O)c(/C=N/OC(c4ccccc4)(c4ccccc4)c4ccccc4)cn1c23. The lowest BCUT2D eigenvalue weighted by atomic mass is 9.80. The molecule has 0 spiro atoms. The molecule has 1 aromatic heterocycles. The standard InChI is InChI=1S/C38H36FN3O3.C2H6/c1-26-17-18-32-35-33(23-34(39)36(32)41-21-19-31(43)20-22-41)37(44)27(25-42(26)35)24-40-45-38(28-11-5-2-6-12-28,29-13-7-3-8-14-29)30-15-9-4-10-16-30;1-2/h2-16,23-26,31,43H,17-22H2,1H3;1-2H3/b40-24+;. The highest BCUT2D eigenvalue weighted by Crippen LogP contribution is 2.41. The van der Waals surface area contributed by atoms with E-state index < -0.39 is 11.4 Å². The molecule has 1 N–H and O–H groups in total. The lowest BCUT2D eigenvalue weighted by Gasteiger charge is -2.36. The monoisotopic (exact) mass is 631 g/mol. The average molecular weight is 632 g/mol. The Morgan fingerprint density at radius 2 is 1.40 bits per heavy atom. The van der Waals surface area contributed by atoms with E-state index >= 15 is 4.39 Å². The number of aryl methyl sites for hydroxylation is 1. The van der Waals surface area contributed by atoms with Gasteiger partial charge in [0, 0.05) is 53.0 Å². The maximum Gasteiger partial charge on any atom is 0.212 e. The van der Waals surface area contributed by atoms with Crippen LogP contribution in [0.2, 0.25) is 0 Å². The molecule has 3 heterocycles. The highest BCUT2D eigenvalue weighted by atomic mass is 19.1. The fraction of sp³-hybridized carbons (Fsp3) is 0.300. The Labute approximate surface area is 275 Å². The molecule has 1 unspecified atom stereocenters. The lowest BCUT2D eigenvalue weighted by Crippen LogP contribution is -2.37. The number of oxime groups is 1. The van der Waals surface area contributed by atoms with Crippen molar-refractivity contribution in [2.45, 2.75) is 64.2 Å². The highest BCUT2D eigenvalue weighted by Gasteiger charge is 2.39. The molecule has 1 saturated heterocycles. The van der Waals surface area contributed by atoms with Gasteiger partial charge in [0.15, 0.2) is 5.43 Å². The molecular weight excluding hydrogens is 589 g/mol. The zero-order chi connectivity index (χ0) is 33.0. The van der Waals surface area contributed by atoms with Crippen molar-refractivity contribution in [3.05, 3.63) is 147 Å². The van der Waals surface area contributed by atoms with E-state index in [0.29, 0.717) is 49.0 Å². The van der Waals surface area contributed by atoms with Crippen LogP contribution in [0.4, 0.5) is 10.1 Å². The first-order valence-electron chi connectivity index (χ1n) is 16.7. The first kappa shape index (κ1) is 32.2. The van der Waals surface area contributed by atoms with E-state index in [0.717, 1.165) is 34.2 Å². The zero-order valence-electron chi connectivity index (χ0n) is 27.3. The number of rotatable bonds is 7. The van der Waals surface area contributed by atoms with Crippen LogP contribution in [-0.4, -0.2) is 35.1 Å². The summed E-state index contributed by atoms with van der Waals surface area (Å²) < 4.78 is 18.0. The van der Waals surface area contributed by atoms with Crippen LogP contribution >= 0.6 is 0 Å². The molecule has 0 saturated carbocycles. The molecule has 5 aromatic rings. The summed E-state index contributed by atoms with van der Waals surface area (Å²) in [7, 11) is 0. The summed E-state index contributed by atoms with van der Waals surface area (Å²) in [6.45, 7) is 7.30. The third-order valence-corrected chi connectivity index (χ3v) is 9.36. The van der Waals surface area contributed by atoms with Gasteiger partial charge in [-0.15, -0.1) is 0 Å². The second kappa shape index (κ2) is 13.9. The Balaban J connectivity index is 0.00000190. The van der Waals surface area contributed by atoms with Gasteiger partial charge in [-0.25, -0.2) is 4.39 Å². The van der Waals surface area contributed by atoms with Crippen LogP contribution in [0.3, 0.4) is 0 Å². The summed E-state index contributed by atoms with van der Waals surface area (Å²) in [5.41, 5.74) is 3.86. The number of anilines is 1. The second-order valence-corrected chi connectivity index (χ2v) is 12.1. The minimum atomic E-state index is -1.08. The first-order chi connectivity index (χ1) is 23.0. The predicted octanol–water partition coefficient (Wildman–Crippen LogP) is 7.98. The van der Waals surface area contributed by atoms with Crippen molar-refractivity contribution in [3.8, 4) is 0 Å². The fourth-order valence-electron chi connectivity index (χ4n) is 7.02. The van der Waals surface area contributed by atoms with Gasteiger partial charge < -0.3 is 19.4 Å². The Kier molecular flexibility index (Phi) is 9.55. The van der Waals surface area contributed by atoms with Crippen LogP contribution in [0.1, 0.15) is 73.9 Å². The van der Waals surface area contributed by atoms with Gasteiger partial charge in [0.25, 0.3) is 0 Å². The van der Waals surface area contributed by atoms with Gasteiger partial charge >= 0.3 is 0 Å². The molecular formula is C40H42FN3O3. The maximum atomic E-state index is 15.9. The Hall–Kier alpha value is -4.75. The molecule has 242 valence electrons. The fourth-order valence-corrected chi connectivity index (χ4v) is 7.02. The molecule has 2 aliphatic rings. The summed E-state index contributed by atoms with van der Waals surface area (Å²) in [6.07, 6.45) is 5.66. The van der Waals surface area contributed by atoms with Crippen molar-refractivity contribution >= 4 is 22.8 Å². The van der Waals surface area contributed by atoms with Gasteiger partial charge in [-0.05, 0) is 38.7 Å². The number of pyridine rings is 1. The van der Waals surface area contributed by atoms with E-state index in [2.05, 4.69) is 16.6 Å². The van der Waals surface area contributed by atoms with Crippen LogP contribution in [0.15, 0.2) is 113 Å². The molecule has 0 bridgehead atoms. The Morgan fingerprint density at radius 1 is 0.872 bits per heavy atom. The number of piperidine rings is 1. The van der Waals surface area contributed by atoms with Crippen LogP contribution in [-0.2, 0) is 16.9 Å². The molecule has 7 heteroatoms. The number of hydrogen-bond acceptors (Lipinski definition) is 5. The van der Waals surface area contributed by atoms with Gasteiger partial charge in [0.2, 0.25) is 5.60 Å². The first-order valence-corrected chi connectivity index (χ1v) is 16.7. The summed E-state index contributed by atoms with van der Waals surface area (Å²) in [4.78, 5) is 22.5. The zero-order valence-corrected chi connectivity index (χ0v) is 27.3. The molecule has 0 radical (unpaired) electrons. The summed E-state index contributed by atoms with van der Waals surface area (Å²) in [5, 5.41) is 14.9. The third-order valence-electron chi connectivity index (χ3n) is 9.36. The van der Waals surface area contributed by atoms with Crippen molar-refractivity contribution < 1.29 is 14.3 Å². The van der Waals surface area contributed by atoms with Crippen molar-refractivity contribution in [3.63, 3.8) is 0 Å². The molecule has 1 fully saturated rings. The largest absolute Gasteiger partial charge is 0.393 e. The van der Waals surface area contributed by atoms with Crippen molar-refractivity contribution in [1.82, 2.24) is 4.57 Å². The van der Waals surface area contributed by atoms with E-state index in [1.54, 1.807) is 0 Å². The molecule has 7 rings (SSSR count). The second-order valence-electron chi connectivity index (χ2n) is 12.1. The van der Waals surface area contributed by atoms with Crippen molar-refractivity contribution in [2.75, 3.05) is 18.0 Å². The Morgan fingerprint density at radius 3 is 1.94 bits per heavy atom. The number of aromatic nitrogens is 1. The van der Waals surface area contributed by atoms with Crippen LogP contribution < -0.4 is 10.3 Å². The average Bonchev–Trinajstić information content (AvgIpc) is 3.12.